The van der Waals surface area contributed by atoms with Crippen molar-refractivity contribution in [3.8, 4) is 11.5 Å². The van der Waals surface area contributed by atoms with Crippen LogP contribution in [0.1, 0.15) is 39.3 Å². The number of amides is 1. The fourth-order valence-corrected chi connectivity index (χ4v) is 5.00. The van der Waals surface area contributed by atoms with Crippen molar-refractivity contribution in [3.05, 3.63) is 101 Å². The molecule has 3 heterocycles. The maximum Gasteiger partial charge on any atom is 0.416 e. The van der Waals surface area contributed by atoms with Crippen molar-refractivity contribution in [2.45, 2.75) is 19.1 Å². The number of halogens is 4. The van der Waals surface area contributed by atoms with Crippen LogP contribution in [-0.4, -0.2) is 57.1 Å². The summed E-state index contributed by atoms with van der Waals surface area (Å²) in [4.78, 5) is 21.3. The molecule has 210 valence electrons. The van der Waals surface area contributed by atoms with E-state index >= 15 is 0 Å². The number of piperazine rings is 1. The molecule has 2 aromatic heterocycles. The van der Waals surface area contributed by atoms with Crippen LogP contribution in [0, 0.1) is 12.7 Å². The number of hydrogen-bond donors (Lipinski definition) is 0. The minimum absolute atomic E-state index is 0.0208. The number of nitrogens with zero attached hydrogens (tertiary/aromatic N) is 5. The first kappa shape index (κ1) is 26.6. The van der Waals surface area contributed by atoms with Gasteiger partial charge in [0, 0.05) is 44.2 Å². The van der Waals surface area contributed by atoms with E-state index in [1.165, 1.54) is 6.07 Å². The summed E-state index contributed by atoms with van der Waals surface area (Å²) < 4.78 is 65.3. The third kappa shape index (κ3) is 5.42. The average Bonchev–Trinajstić information content (AvgIpc) is 3.59. The van der Waals surface area contributed by atoms with Crippen molar-refractivity contribution in [3.63, 3.8) is 0 Å². The molecule has 0 bridgehead atoms. The molecule has 1 saturated heterocycles. The predicted molar refractivity (Wildman–Crippen MR) is 139 cm³/mol. The summed E-state index contributed by atoms with van der Waals surface area (Å²) in [6.45, 7) is 3.46. The van der Waals surface area contributed by atoms with Crippen molar-refractivity contribution in [2.75, 3.05) is 26.2 Å². The molecule has 5 aromatic rings. The molecular weight excluding hydrogens is 542 g/mol. The number of carbonyl (C=O) groups is 1. The minimum Gasteiger partial charge on any atom is -0.436 e. The molecule has 1 fully saturated rings. The predicted octanol–water partition coefficient (Wildman–Crippen LogP) is 5.89. The number of benzene rings is 3. The fourth-order valence-electron chi connectivity index (χ4n) is 5.00. The van der Waals surface area contributed by atoms with Gasteiger partial charge in [-0.1, -0.05) is 30.3 Å². The molecule has 41 heavy (non-hydrogen) atoms. The molecular formula is C29H23F4N5O3. The van der Waals surface area contributed by atoms with E-state index in [9.17, 15) is 22.4 Å². The van der Waals surface area contributed by atoms with Gasteiger partial charge in [0.15, 0.2) is 5.58 Å². The van der Waals surface area contributed by atoms with Gasteiger partial charge in [0.1, 0.15) is 17.4 Å². The number of hydrogen-bond acceptors (Lipinski definition) is 7. The summed E-state index contributed by atoms with van der Waals surface area (Å²) >= 11 is 0. The lowest BCUT2D eigenvalue weighted by Crippen LogP contribution is -2.50. The summed E-state index contributed by atoms with van der Waals surface area (Å²) in [7, 11) is 0. The van der Waals surface area contributed by atoms with Crippen molar-refractivity contribution in [1.29, 1.82) is 0 Å². The van der Waals surface area contributed by atoms with Gasteiger partial charge in [-0.05, 0) is 42.0 Å². The number of fused-ring (bicyclic) bond motifs is 1. The highest BCUT2D eigenvalue weighted by Gasteiger charge is 2.33. The van der Waals surface area contributed by atoms with Crippen molar-refractivity contribution in [1.82, 2.24) is 25.0 Å². The number of aryl methyl sites for hydroxylation is 1. The molecule has 8 nitrogen and oxygen atoms in total. The first-order valence-electron chi connectivity index (χ1n) is 12.8. The number of oxazole rings is 1. The van der Waals surface area contributed by atoms with Crippen LogP contribution in [0.5, 0.6) is 0 Å². The summed E-state index contributed by atoms with van der Waals surface area (Å²) in [6.07, 6.45) is -4.54. The monoisotopic (exact) mass is 565 g/mol. The topological polar surface area (TPSA) is 88.5 Å². The molecule has 1 aliphatic heterocycles. The van der Waals surface area contributed by atoms with E-state index in [4.69, 9.17) is 8.83 Å². The zero-order valence-electron chi connectivity index (χ0n) is 21.7. The van der Waals surface area contributed by atoms with Crippen LogP contribution in [0.2, 0.25) is 0 Å². The molecule has 0 spiro atoms. The van der Waals surface area contributed by atoms with Crippen molar-refractivity contribution < 1.29 is 31.2 Å². The zero-order chi connectivity index (χ0) is 28.7. The number of alkyl halides is 3. The van der Waals surface area contributed by atoms with Gasteiger partial charge in [-0.15, -0.1) is 10.2 Å². The molecule has 12 heteroatoms. The van der Waals surface area contributed by atoms with E-state index in [0.29, 0.717) is 38.0 Å². The van der Waals surface area contributed by atoms with Gasteiger partial charge < -0.3 is 13.7 Å². The molecule has 0 saturated carbocycles. The van der Waals surface area contributed by atoms with Gasteiger partial charge in [0.05, 0.1) is 5.56 Å². The van der Waals surface area contributed by atoms with Crippen LogP contribution in [0.25, 0.3) is 22.6 Å². The second-order valence-corrected chi connectivity index (χ2v) is 9.73. The highest BCUT2D eigenvalue weighted by Crippen LogP contribution is 2.34. The van der Waals surface area contributed by atoms with Gasteiger partial charge in [-0.2, -0.15) is 13.2 Å². The minimum atomic E-state index is -4.54. The average molecular weight is 566 g/mol. The highest BCUT2D eigenvalue weighted by molar-refractivity contribution is 5.95. The van der Waals surface area contributed by atoms with Crippen LogP contribution in [0.3, 0.4) is 0 Å². The summed E-state index contributed by atoms with van der Waals surface area (Å²) in [5.74, 6) is -0.247. The van der Waals surface area contributed by atoms with Crippen molar-refractivity contribution in [2.24, 2.45) is 0 Å². The largest absolute Gasteiger partial charge is 0.436 e. The van der Waals surface area contributed by atoms with E-state index in [1.54, 1.807) is 11.8 Å². The van der Waals surface area contributed by atoms with Crippen molar-refractivity contribution >= 4 is 17.0 Å². The number of carbonyl (C=O) groups excluding carboxylic acids is 1. The molecule has 0 radical (unpaired) electrons. The Labute approximate surface area is 231 Å². The first-order valence-corrected chi connectivity index (χ1v) is 12.8. The van der Waals surface area contributed by atoms with Crippen LogP contribution in [0.4, 0.5) is 17.6 Å². The smallest absolute Gasteiger partial charge is 0.416 e. The molecule has 0 unspecified atom stereocenters. The Morgan fingerprint density at radius 3 is 2.37 bits per heavy atom. The Morgan fingerprint density at radius 2 is 1.68 bits per heavy atom. The quantitative estimate of drug-likeness (QED) is 0.246. The van der Waals surface area contributed by atoms with Crippen LogP contribution >= 0.6 is 0 Å². The van der Waals surface area contributed by atoms with E-state index < -0.39 is 17.6 Å². The summed E-state index contributed by atoms with van der Waals surface area (Å²) in [5.41, 5.74) is 0.429. The summed E-state index contributed by atoms with van der Waals surface area (Å²) in [6, 6.07) is 16.1. The lowest BCUT2D eigenvalue weighted by atomic mass is 10.0. The molecule has 0 aliphatic carbocycles. The Morgan fingerprint density at radius 1 is 0.927 bits per heavy atom. The fraction of sp³-hybridized carbons (Fsp3) is 0.241. The lowest BCUT2D eigenvalue weighted by molar-refractivity contribution is -0.137. The third-order valence-corrected chi connectivity index (χ3v) is 6.96. The standard InChI is InChI=1S/C29H23F4N5O3/c1-17-35-36-27(40-17)25(18-5-3-2-4-6-18)37-9-11-38(12-10-37)28(39)20-13-19(14-22(30)15-20)26-34-23-16-21(29(31,32)33)7-8-24(23)41-26/h2-8,13-16,25H,9-12H2,1H3/t25-/m1/s1. The highest BCUT2D eigenvalue weighted by atomic mass is 19.4. The Kier molecular flexibility index (Phi) is 6.78. The normalized spacial score (nSPS) is 15.4. The van der Waals surface area contributed by atoms with E-state index in [2.05, 4.69) is 20.1 Å². The second-order valence-electron chi connectivity index (χ2n) is 9.73. The molecule has 6 rings (SSSR count). The maximum absolute atomic E-state index is 14.6. The zero-order valence-corrected chi connectivity index (χ0v) is 21.7. The SMILES string of the molecule is Cc1nnc([C@@H](c2ccccc2)N2CCN(C(=O)c3cc(F)cc(-c4nc5cc(C(F)(F)F)ccc5o4)c3)CC2)o1. The molecule has 3 aromatic carbocycles. The maximum atomic E-state index is 14.6. The Bertz CT molecular complexity index is 1710. The van der Waals surface area contributed by atoms with Crippen LogP contribution in [-0.2, 0) is 6.18 Å². The van der Waals surface area contributed by atoms with Gasteiger partial charge in [-0.25, -0.2) is 9.37 Å². The van der Waals surface area contributed by atoms with Crippen LogP contribution in [0.15, 0.2) is 75.6 Å². The third-order valence-electron chi connectivity index (χ3n) is 6.96. The number of rotatable bonds is 5. The molecule has 1 aliphatic rings. The van der Waals surface area contributed by atoms with Gasteiger partial charge in [0.2, 0.25) is 17.7 Å². The van der Waals surface area contributed by atoms with Crippen LogP contribution < -0.4 is 0 Å². The second kappa shape index (κ2) is 10.4. The van der Waals surface area contributed by atoms with Gasteiger partial charge in [-0.3, -0.25) is 9.69 Å². The molecule has 1 amide bonds. The Balaban J connectivity index is 1.21. The van der Waals surface area contributed by atoms with Gasteiger partial charge >= 0.3 is 6.18 Å². The number of aromatic nitrogens is 3. The molecule has 1 atom stereocenters. The lowest BCUT2D eigenvalue weighted by Gasteiger charge is -2.38. The Hall–Kier alpha value is -4.58. The van der Waals surface area contributed by atoms with E-state index in [1.807, 2.05) is 30.3 Å². The summed E-state index contributed by atoms with van der Waals surface area (Å²) in [5, 5.41) is 8.20. The van der Waals surface area contributed by atoms with E-state index in [0.717, 1.165) is 35.9 Å². The van der Waals surface area contributed by atoms with Gasteiger partial charge in [0.25, 0.3) is 5.91 Å². The molecule has 0 N–H and O–H groups in total. The van der Waals surface area contributed by atoms with E-state index in [-0.39, 0.29) is 40.1 Å². The first-order chi connectivity index (χ1) is 19.7.